The molecular weight excluding hydrogens is 366 g/mol. The van der Waals surface area contributed by atoms with Crippen molar-refractivity contribution in [1.29, 1.82) is 0 Å². The second-order valence-electron chi connectivity index (χ2n) is 6.27. The van der Waals surface area contributed by atoms with E-state index in [1.54, 1.807) is 18.2 Å². The number of nitrogens with one attached hydrogen (secondary N) is 1. The van der Waals surface area contributed by atoms with Crippen molar-refractivity contribution in [2.24, 2.45) is 0 Å². The van der Waals surface area contributed by atoms with Crippen LogP contribution in [0, 0.1) is 13.8 Å². The van der Waals surface area contributed by atoms with E-state index in [0.29, 0.717) is 23.1 Å². The van der Waals surface area contributed by atoms with Crippen LogP contribution in [0.1, 0.15) is 34.0 Å². The summed E-state index contributed by atoms with van der Waals surface area (Å²) in [6.45, 7) is 5.37. The molecule has 1 amide bonds. The molecular formula is C20H22ClN3O3. The third-order valence-corrected chi connectivity index (χ3v) is 4.33. The SMILES string of the molecule is Cc1ccn(CCCNC(=O)c2ccc(COc3c(C)cccc3Cl)o2)n1. The molecule has 0 saturated carbocycles. The van der Waals surface area contributed by atoms with Gasteiger partial charge in [-0.1, -0.05) is 23.7 Å². The van der Waals surface area contributed by atoms with Crippen molar-refractivity contribution in [3.8, 4) is 5.75 Å². The molecule has 0 bridgehead atoms. The zero-order chi connectivity index (χ0) is 19.2. The molecule has 0 unspecified atom stereocenters. The van der Waals surface area contributed by atoms with Crippen LogP contribution < -0.4 is 10.1 Å². The smallest absolute Gasteiger partial charge is 0.286 e. The number of para-hydroxylation sites is 1. The van der Waals surface area contributed by atoms with Crippen molar-refractivity contribution in [2.45, 2.75) is 33.4 Å². The number of halogens is 1. The number of rotatable bonds is 8. The van der Waals surface area contributed by atoms with Crippen LogP contribution in [0.3, 0.4) is 0 Å². The van der Waals surface area contributed by atoms with Gasteiger partial charge in [-0.05, 0) is 50.1 Å². The fraction of sp³-hybridized carbons (Fsp3) is 0.300. The molecule has 2 heterocycles. The van der Waals surface area contributed by atoms with Gasteiger partial charge in [0.05, 0.1) is 10.7 Å². The molecule has 0 spiro atoms. The lowest BCUT2D eigenvalue weighted by Gasteiger charge is -2.09. The van der Waals surface area contributed by atoms with E-state index >= 15 is 0 Å². The molecule has 2 aromatic heterocycles. The second kappa shape index (κ2) is 8.77. The Labute approximate surface area is 163 Å². The molecule has 3 aromatic rings. The Morgan fingerprint density at radius 2 is 2.11 bits per heavy atom. The van der Waals surface area contributed by atoms with Gasteiger partial charge in [0, 0.05) is 19.3 Å². The minimum Gasteiger partial charge on any atom is -0.484 e. The minimum atomic E-state index is -0.244. The van der Waals surface area contributed by atoms with Gasteiger partial charge in [0.25, 0.3) is 5.91 Å². The van der Waals surface area contributed by atoms with E-state index in [1.165, 1.54) is 0 Å². The molecule has 0 fully saturated rings. The summed E-state index contributed by atoms with van der Waals surface area (Å²) in [7, 11) is 0. The Morgan fingerprint density at radius 3 is 2.85 bits per heavy atom. The van der Waals surface area contributed by atoms with Crippen LogP contribution in [0.2, 0.25) is 5.02 Å². The largest absolute Gasteiger partial charge is 0.484 e. The Morgan fingerprint density at radius 1 is 1.26 bits per heavy atom. The lowest BCUT2D eigenvalue weighted by molar-refractivity contribution is 0.0920. The molecule has 27 heavy (non-hydrogen) atoms. The van der Waals surface area contributed by atoms with Crippen LogP contribution in [0.15, 0.2) is 47.0 Å². The second-order valence-corrected chi connectivity index (χ2v) is 6.68. The van der Waals surface area contributed by atoms with Crippen molar-refractivity contribution < 1.29 is 13.9 Å². The van der Waals surface area contributed by atoms with Crippen molar-refractivity contribution in [1.82, 2.24) is 15.1 Å². The number of furan rings is 1. The van der Waals surface area contributed by atoms with Gasteiger partial charge in [-0.3, -0.25) is 9.48 Å². The predicted molar refractivity (Wildman–Crippen MR) is 103 cm³/mol. The molecule has 0 aliphatic heterocycles. The Bertz CT molecular complexity index is 897. The summed E-state index contributed by atoms with van der Waals surface area (Å²) in [5.74, 6) is 1.20. The fourth-order valence-electron chi connectivity index (χ4n) is 2.64. The summed E-state index contributed by atoms with van der Waals surface area (Å²) in [5.41, 5.74) is 1.93. The standard InChI is InChI=1S/C20H22ClN3O3/c1-14-5-3-6-17(21)19(14)26-13-16-7-8-18(27-16)20(25)22-10-4-11-24-12-9-15(2)23-24/h3,5-9,12H,4,10-11,13H2,1-2H3,(H,22,25). The van der Waals surface area contributed by atoms with Crippen LogP contribution in [0.5, 0.6) is 5.75 Å². The molecule has 1 N–H and O–H groups in total. The number of hydrogen-bond acceptors (Lipinski definition) is 4. The first-order valence-corrected chi connectivity index (χ1v) is 9.15. The van der Waals surface area contributed by atoms with Gasteiger partial charge in [-0.15, -0.1) is 0 Å². The summed E-state index contributed by atoms with van der Waals surface area (Å²) in [4.78, 5) is 12.2. The molecule has 7 heteroatoms. The molecule has 0 atom stereocenters. The molecule has 6 nitrogen and oxygen atoms in total. The number of carbonyl (C=O) groups excluding carboxylic acids is 1. The van der Waals surface area contributed by atoms with Crippen LogP contribution in [-0.4, -0.2) is 22.2 Å². The highest BCUT2D eigenvalue weighted by molar-refractivity contribution is 6.32. The van der Waals surface area contributed by atoms with Crippen molar-refractivity contribution in [3.05, 3.63) is 70.4 Å². The normalized spacial score (nSPS) is 10.8. The molecule has 0 aliphatic rings. The third kappa shape index (κ3) is 5.14. The van der Waals surface area contributed by atoms with Crippen LogP contribution in [0.4, 0.5) is 0 Å². The number of nitrogens with zero attached hydrogens (tertiary/aromatic N) is 2. The number of aryl methyl sites for hydroxylation is 3. The van der Waals surface area contributed by atoms with E-state index in [-0.39, 0.29) is 18.3 Å². The average Bonchev–Trinajstić information content (AvgIpc) is 3.27. The first-order valence-electron chi connectivity index (χ1n) is 8.78. The molecule has 142 valence electrons. The molecule has 0 aliphatic carbocycles. The minimum absolute atomic E-state index is 0.205. The molecule has 0 radical (unpaired) electrons. The molecule has 1 aromatic carbocycles. The van der Waals surface area contributed by atoms with Crippen molar-refractivity contribution in [2.75, 3.05) is 6.54 Å². The number of carbonyl (C=O) groups is 1. The summed E-state index contributed by atoms with van der Waals surface area (Å²) < 4.78 is 13.2. The van der Waals surface area contributed by atoms with Crippen molar-refractivity contribution in [3.63, 3.8) is 0 Å². The highest BCUT2D eigenvalue weighted by atomic mass is 35.5. The number of amides is 1. The summed E-state index contributed by atoms with van der Waals surface area (Å²) in [6, 6.07) is 10.9. The van der Waals surface area contributed by atoms with E-state index in [0.717, 1.165) is 24.2 Å². The van der Waals surface area contributed by atoms with Gasteiger partial charge < -0.3 is 14.5 Å². The third-order valence-electron chi connectivity index (χ3n) is 4.03. The maximum Gasteiger partial charge on any atom is 0.286 e. The number of ether oxygens (including phenoxy) is 1. The lowest BCUT2D eigenvalue weighted by atomic mass is 10.2. The zero-order valence-electron chi connectivity index (χ0n) is 15.4. The van der Waals surface area contributed by atoms with Gasteiger partial charge in [0.1, 0.15) is 18.1 Å². The quantitative estimate of drug-likeness (QED) is 0.589. The van der Waals surface area contributed by atoms with E-state index in [4.69, 9.17) is 20.8 Å². The van der Waals surface area contributed by atoms with E-state index in [2.05, 4.69) is 10.4 Å². The summed E-state index contributed by atoms with van der Waals surface area (Å²) in [5, 5.41) is 7.70. The fourth-order valence-corrected chi connectivity index (χ4v) is 2.91. The highest BCUT2D eigenvalue weighted by Crippen LogP contribution is 2.28. The van der Waals surface area contributed by atoms with Gasteiger partial charge in [-0.2, -0.15) is 5.10 Å². The van der Waals surface area contributed by atoms with E-state index in [9.17, 15) is 4.79 Å². The van der Waals surface area contributed by atoms with Gasteiger partial charge in [-0.25, -0.2) is 0 Å². The molecule has 3 rings (SSSR count). The zero-order valence-corrected chi connectivity index (χ0v) is 16.1. The van der Waals surface area contributed by atoms with Crippen molar-refractivity contribution >= 4 is 17.5 Å². The van der Waals surface area contributed by atoms with E-state index in [1.807, 2.05) is 42.9 Å². The van der Waals surface area contributed by atoms with Gasteiger partial charge >= 0.3 is 0 Å². The first kappa shape index (κ1) is 19.0. The van der Waals surface area contributed by atoms with Crippen LogP contribution in [-0.2, 0) is 13.2 Å². The van der Waals surface area contributed by atoms with E-state index < -0.39 is 0 Å². The Hall–Kier alpha value is -2.73. The van der Waals surface area contributed by atoms with Crippen LogP contribution >= 0.6 is 11.6 Å². The van der Waals surface area contributed by atoms with Crippen LogP contribution in [0.25, 0.3) is 0 Å². The van der Waals surface area contributed by atoms with Gasteiger partial charge in [0.2, 0.25) is 0 Å². The van der Waals surface area contributed by atoms with Gasteiger partial charge in [0.15, 0.2) is 5.76 Å². The topological polar surface area (TPSA) is 69.3 Å². The first-order chi connectivity index (χ1) is 13.0. The number of aromatic nitrogens is 2. The number of hydrogen-bond donors (Lipinski definition) is 1. The molecule has 0 saturated heterocycles. The Kier molecular flexibility index (Phi) is 6.19. The predicted octanol–water partition coefficient (Wildman–Crippen LogP) is 4.15. The average molecular weight is 388 g/mol. The Balaban J connectivity index is 1.46. The number of benzene rings is 1. The maximum atomic E-state index is 12.2. The maximum absolute atomic E-state index is 12.2. The summed E-state index contributed by atoms with van der Waals surface area (Å²) in [6.07, 6.45) is 2.71. The summed E-state index contributed by atoms with van der Waals surface area (Å²) >= 11 is 6.14. The lowest BCUT2D eigenvalue weighted by Crippen LogP contribution is -2.24. The highest BCUT2D eigenvalue weighted by Gasteiger charge is 2.12. The monoisotopic (exact) mass is 387 g/mol.